The Labute approximate surface area is 139 Å². The number of anilines is 2. The Morgan fingerprint density at radius 1 is 1.08 bits per heavy atom. The molecule has 2 heterocycles. The van der Waals surface area contributed by atoms with Crippen molar-refractivity contribution in [2.75, 3.05) is 5.32 Å². The van der Waals surface area contributed by atoms with Crippen molar-refractivity contribution in [1.29, 1.82) is 0 Å². The summed E-state index contributed by atoms with van der Waals surface area (Å²) in [6.07, 6.45) is 2.89. The van der Waals surface area contributed by atoms with Gasteiger partial charge in [0.1, 0.15) is 17.3 Å². The second-order valence-corrected chi connectivity index (χ2v) is 5.40. The van der Waals surface area contributed by atoms with Crippen LogP contribution >= 0.6 is 0 Å². The lowest BCUT2D eigenvalue weighted by atomic mass is 10.1. The molecule has 0 bridgehead atoms. The minimum absolute atomic E-state index is 0.254. The van der Waals surface area contributed by atoms with Crippen molar-refractivity contribution >= 4 is 17.5 Å². The molecule has 0 aliphatic carbocycles. The van der Waals surface area contributed by atoms with Gasteiger partial charge in [-0.3, -0.25) is 4.79 Å². The lowest BCUT2D eigenvalue weighted by Crippen LogP contribution is -2.24. The summed E-state index contributed by atoms with van der Waals surface area (Å²) in [5, 5.41) is 9.57. The van der Waals surface area contributed by atoms with E-state index in [1.165, 1.54) is 18.0 Å². The molecule has 0 saturated heterocycles. The highest BCUT2D eigenvalue weighted by atomic mass is 16.5. The third-order valence-electron chi connectivity index (χ3n) is 3.34. The van der Waals surface area contributed by atoms with Crippen molar-refractivity contribution in [2.45, 2.75) is 20.4 Å². The predicted octanol–water partition coefficient (Wildman–Crippen LogP) is 2.76. The molecule has 2 aromatic heterocycles. The zero-order chi connectivity index (χ0) is 16.9. The van der Waals surface area contributed by atoms with E-state index in [2.05, 4.69) is 25.8 Å². The largest absolute Gasteiger partial charge is 0.360 e. The summed E-state index contributed by atoms with van der Waals surface area (Å²) in [6.45, 7) is 4.26. The molecule has 24 heavy (non-hydrogen) atoms. The van der Waals surface area contributed by atoms with Crippen molar-refractivity contribution in [1.82, 2.24) is 20.4 Å². The standard InChI is InChI=1S/C17H17N5O2/c1-11-3-5-13(6-4-11)8-20-17(23)14-9-19-16(10-18-14)21-15-7-12(2)24-22-15/h3-7,9-10H,8H2,1-2H3,(H,20,23)(H,19,21,22). The van der Waals surface area contributed by atoms with E-state index in [4.69, 9.17) is 4.52 Å². The van der Waals surface area contributed by atoms with Crippen LogP contribution in [-0.4, -0.2) is 21.0 Å². The van der Waals surface area contributed by atoms with E-state index < -0.39 is 0 Å². The molecule has 3 aromatic rings. The van der Waals surface area contributed by atoms with E-state index in [9.17, 15) is 4.79 Å². The van der Waals surface area contributed by atoms with Crippen molar-refractivity contribution in [3.8, 4) is 0 Å². The molecule has 7 heteroatoms. The molecule has 0 saturated carbocycles. The van der Waals surface area contributed by atoms with Crippen LogP contribution in [0.1, 0.15) is 27.4 Å². The van der Waals surface area contributed by atoms with Gasteiger partial charge in [0, 0.05) is 12.6 Å². The van der Waals surface area contributed by atoms with E-state index in [1.807, 2.05) is 31.2 Å². The van der Waals surface area contributed by atoms with Crippen LogP contribution in [0.4, 0.5) is 11.6 Å². The predicted molar refractivity (Wildman–Crippen MR) is 88.9 cm³/mol. The maximum Gasteiger partial charge on any atom is 0.271 e. The highest BCUT2D eigenvalue weighted by molar-refractivity contribution is 5.92. The Hall–Kier alpha value is -3.22. The van der Waals surface area contributed by atoms with Gasteiger partial charge < -0.3 is 15.2 Å². The molecular formula is C17H17N5O2. The highest BCUT2D eigenvalue weighted by Crippen LogP contribution is 2.13. The van der Waals surface area contributed by atoms with Crippen molar-refractivity contribution in [3.63, 3.8) is 0 Å². The molecular weight excluding hydrogens is 306 g/mol. The summed E-state index contributed by atoms with van der Waals surface area (Å²) >= 11 is 0. The summed E-state index contributed by atoms with van der Waals surface area (Å²) in [4.78, 5) is 20.4. The first-order valence-electron chi connectivity index (χ1n) is 7.46. The maximum atomic E-state index is 12.1. The minimum Gasteiger partial charge on any atom is -0.360 e. The van der Waals surface area contributed by atoms with Gasteiger partial charge in [-0.25, -0.2) is 9.97 Å². The number of nitrogens with zero attached hydrogens (tertiary/aromatic N) is 3. The smallest absolute Gasteiger partial charge is 0.271 e. The molecule has 1 aromatic carbocycles. The molecule has 122 valence electrons. The number of hydrogen-bond donors (Lipinski definition) is 2. The van der Waals surface area contributed by atoms with Crippen molar-refractivity contribution < 1.29 is 9.32 Å². The summed E-state index contributed by atoms with van der Waals surface area (Å²) in [5.74, 6) is 1.45. The van der Waals surface area contributed by atoms with Crippen LogP contribution in [0.2, 0.25) is 0 Å². The first-order chi connectivity index (χ1) is 11.6. The average molecular weight is 323 g/mol. The summed E-state index contributed by atoms with van der Waals surface area (Å²) in [6, 6.07) is 9.72. The van der Waals surface area contributed by atoms with Crippen LogP contribution in [0.3, 0.4) is 0 Å². The number of hydrogen-bond acceptors (Lipinski definition) is 6. The first-order valence-corrected chi connectivity index (χ1v) is 7.46. The number of rotatable bonds is 5. The van der Waals surface area contributed by atoms with Crippen molar-refractivity contribution in [2.24, 2.45) is 0 Å². The van der Waals surface area contributed by atoms with Crippen LogP contribution in [0.25, 0.3) is 0 Å². The third-order valence-corrected chi connectivity index (χ3v) is 3.34. The van der Waals surface area contributed by atoms with Crippen LogP contribution in [0, 0.1) is 13.8 Å². The molecule has 0 radical (unpaired) electrons. The topological polar surface area (TPSA) is 92.9 Å². The van der Waals surface area contributed by atoms with E-state index in [0.717, 1.165) is 5.56 Å². The van der Waals surface area contributed by atoms with Gasteiger partial charge in [-0.05, 0) is 19.4 Å². The van der Waals surface area contributed by atoms with Gasteiger partial charge in [0.2, 0.25) is 0 Å². The fraction of sp³-hybridized carbons (Fsp3) is 0.176. The number of aromatic nitrogens is 3. The van der Waals surface area contributed by atoms with Gasteiger partial charge in [0.25, 0.3) is 5.91 Å². The quantitative estimate of drug-likeness (QED) is 0.750. The minimum atomic E-state index is -0.271. The molecule has 0 spiro atoms. The third kappa shape index (κ3) is 3.95. The van der Waals surface area contributed by atoms with E-state index in [0.29, 0.717) is 23.9 Å². The van der Waals surface area contributed by atoms with E-state index in [1.54, 1.807) is 13.0 Å². The van der Waals surface area contributed by atoms with Gasteiger partial charge in [0.05, 0.1) is 12.4 Å². The SMILES string of the molecule is Cc1ccc(CNC(=O)c2cnc(Nc3cc(C)on3)cn2)cc1. The molecule has 0 atom stereocenters. The van der Waals surface area contributed by atoms with Crippen LogP contribution in [-0.2, 0) is 6.54 Å². The van der Waals surface area contributed by atoms with Gasteiger partial charge in [-0.1, -0.05) is 35.0 Å². The molecule has 0 aliphatic rings. The summed E-state index contributed by atoms with van der Waals surface area (Å²) < 4.78 is 4.96. The lowest BCUT2D eigenvalue weighted by Gasteiger charge is -2.06. The molecule has 3 rings (SSSR count). The highest BCUT2D eigenvalue weighted by Gasteiger charge is 2.08. The number of benzene rings is 1. The van der Waals surface area contributed by atoms with Crippen LogP contribution in [0.15, 0.2) is 47.2 Å². The zero-order valence-corrected chi connectivity index (χ0v) is 13.4. The lowest BCUT2D eigenvalue weighted by molar-refractivity contribution is 0.0945. The summed E-state index contributed by atoms with van der Waals surface area (Å²) in [5.41, 5.74) is 2.46. The molecule has 0 fully saturated rings. The van der Waals surface area contributed by atoms with Crippen molar-refractivity contribution in [3.05, 3.63) is 65.3 Å². The average Bonchev–Trinajstić information content (AvgIpc) is 2.99. The number of carbonyl (C=O) groups is 1. The van der Waals surface area contributed by atoms with E-state index >= 15 is 0 Å². The van der Waals surface area contributed by atoms with E-state index in [-0.39, 0.29) is 11.6 Å². The zero-order valence-electron chi connectivity index (χ0n) is 13.4. The first kappa shape index (κ1) is 15.7. The Kier molecular flexibility index (Phi) is 4.51. The normalized spacial score (nSPS) is 10.4. The summed E-state index contributed by atoms with van der Waals surface area (Å²) in [7, 11) is 0. The fourth-order valence-corrected chi connectivity index (χ4v) is 2.05. The van der Waals surface area contributed by atoms with Gasteiger partial charge in [-0.15, -0.1) is 0 Å². The molecule has 1 amide bonds. The van der Waals surface area contributed by atoms with Gasteiger partial charge in [0.15, 0.2) is 5.82 Å². The number of carbonyl (C=O) groups excluding carboxylic acids is 1. The molecule has 7 nitrogen and oxygen atoms in total. The van der Waals surface area contributed by atoms with Gasteiger partial charge in [-0.2, -0.15) is 0 Å². The molecule has 0 unspecified atom stereocenters. The number of aryl methyl sites for hydroxylation is 2. The Morgan fingerprint density at radius 3 is 2.50 bits per heavy atom. The number of nitrogens with one attached hydrogen (secondary N) is 2. The Bertz CT molecular complexity index is 825. The Balaban J connectivity index is 1.58. The fourth-order valence-electron chi connectivity index (χ4n) is 2.05. The van der Waals surface area contributed by atoms with Crippen LogP contribution < -0.4 is 10.6 Å². The molecule has 2 N–H and O–H groups in total. The number of amides is 1. The second-order valence-electron chi connectivity index (χ2n) is 5.40. The monoisotopic (exact) mass is 323 g/mol. The molecule has 0 aliphatic heterocycles. The van der Waals surface area contributed by atoms with Crippen LogP contribution in [0.5, 0.6) is 0 Å². The van der Waals surface area contributed by atoms with Gasteiger partial charge >= 0.3 is 0 Å². The second kappa shape index (κ2) is 6.91. The maximum absolute atomic E-state index is 12.1. The Morgan fingerprint density at radius 2 is 1.88 bits per heavy atom.